The number of sulfone groups is 1. The van der Waals surface area contributed by atoms with Crippen molar-refractivity contribution in [3.05, 3.63) is 0 Å². The molecule has 0 aromatic rings. The van der Waals surface area contributed by atoms with Crippen LogP contribution in [0.2, 0.25) is 0 Å². The molecule has 3 atom stereocenters. The van der Waals surface area contributed by atoms with E-state index < -0.39 is 16.0 Å². The molecule has 0 aromatic carbocycles. The third-order valence-electron chi connectivity index (χ3n) is 2.86. The third-order valence-corrected chi connectivity index (χ3v) is 4.66. The zero-order valence-electron chi connectivity index (χ0n) is 8.45. The second-order valence-electron chi connectivity index (χ2n) is 4.18. The van der Waals surface area contributed by atoms with Crippen LogP contribution in [-0.2, 0) is 9.84 Å². The summed E-state index contributed by atoms with van der Waals surface area (Å²) in [7, 11) is -2.92. The van der Waals surface area contributed by atoms with Crippen molar-refractivity contribution in [1.82, 2.24) is 0 Å². The Labute approximate surface area is 84.8 Å². The Kier molecular flexibility index (Phi) is 3.89. The standard InChI is InChI=1S/C9H18FNO2S/c1-7(10)4-8-2-3-14(12,13)6-9(8)5-11/h7-9H,2-6,11H2,1H3. The fraction of sp³-hybridized carbons (Fsp3) is 1.00. The van der Waals surface area contributed by atoms with Gasteiger partial charge in [-0.3, -0.25) is 0 Å². The van der Waals surface area contributed by atoms with Crippen LogP contribution in [0.5, 0.6) is 0 Å². The van der Waals surface area contributed by atoms with E-state index in [0.29, 0.717) is 19.4 Å². The number of hydrogen-bond acceptors (Lipinski definition) is 3. The second kappa shape index (κ2) is 4.57. The van der Waals surface area contributed by atoms with Gasteiger partial charge in [-0.15, -0.1) is 0 Å². The van der Waals surface area contributed by atoms with E-state index in [-0.39, 0.29) is 23.3 Å². The van der Waals surface area contributed by atoms with Crippen LogP contribution in [0.25, 0.3) is 0 Å². The molecule has 0 saturated carbocycles. The number of nitrogens with two attached hydrogens (primary N) is 1. The molecule has 1 rings (SSSR count). The van der Waals surface area contributed by atoms with E-state index in [1.807, 2.05) is 0 Å². The molecule has 1 aliphatic heterocycles. The predicted molar refractivity (Wildman–Crippen MR) is 54.5 cm³/mol. The molecule has 2 N–H and O–H groups in total. The molecule has 0 spiro atoms. The minimum absolute atomic E-state index is 0.0491. The van der Waals surface area contributed by atoms with E-state index in [0.717, 1.165) is 0 Å². The molecule has 0 bridgehead atoms. The first-order valence-electron chi connectivity index (χ1n) is 4.99. The zero-order chi connectivity index (χ0) is 10.8. The monoisotopic (exact) mass is 223 g/mol. The van der Waals surface area contributed by atoms with Crippen molar-refractivity contribution < 1.29 is 12.8 Å². The lowest BCUT2D eigenvalue weighted by Crippen LogP contribution is -2.38. The summed E-state index contributed by atoms with van der Waals surface area (Å²) in [6.45, 7) is 1.85. The molecule has 14 heavy (non-hydrogen) atoms. The van der Waals surface area contributed by atoms with Gasteiger partial charge < -0.3 is 5.73 Å². The summed E-state index contributed by atoms with van der Waals surface area (Å²) in [5.41, 5.74) is 5.50. The molecule has 0 aliphatic carbocycles. The van der Waals surface area contributed by atoms with Crippen LogP contribution >= 0.6 is 0 Å². The summed E-state index contributed by atoms with van der Waals surface area (Å²) in [6.07, 6.45) is 0.144. The number of hydrogen-bond donors (Lipinski definition) is 1. The summed E-state index contributed by atoms with van der Waals surface area (Å²) < 4.78 is 35.4. The minimum Gasteiger partial charge on any atom is -0.330 e. The highest BCUT2D eigenvalue weighted by molar-refractivity contribution is 7.91. The Morgan fingerprint density at radius 2 is 2.14 bits per heavy atom. The van der Waals surface area contributed by atoms with Gasteiger partial charge >= 0.3 is 0 Å². The molecule has 0 radical (unpaired) electrons. The smallest absolute Gasteiger partial charge is 0.150 e. The average Bonchev–Trinajstić information content (AvgIpc) is 2.07. The largest absolute Gasteiger partial charge is 0.330 e. The third kappa shape index (κ3) is 3.20. The number of alkyl halides is 1. The van der Waals surface area contributed by atoms with Crippen LogP contribution in [0.15, 0.2) is 0 Å². The Morgan fingerprint density at radius 1 is 1.50 bits per heavy atom. The lowest BCUT2D eigenvalue weighted by molar-refractivity contribution is 0.232. The first kappa shape index (κ1) is 11.9. The van der Waals surface area contributed by atoms with Gasteiger partial charge in [-0.05, 0) is 38.1 Å². The summed E-state index contributed by atoms with van der Waals surface area (Å²) >= 11 is 0. The van der Waals surface area contributed by atoms with Gasteiger partial charge in [0.15, 0.2) is 9.84 Å². The van der Waals surface area contributed by atoms with E-state index in [4.69, 9.17) is 5.73 Å². The van der Waals surface area contributed by atoms with E-state index in [9.17, 15) is 12.8 Å². The number of rotatable bonds is 3. The lowest BCUT2D eigenvalue weighted by Gasteiger charge is -2.30. The maximum atomic E-state index is 12.8. The highest BCUT2D eigenvalue weighted by Gasteiger charge is 2.32. The average molecular weight is 223 g/mol. The highest BCUT2D eigenvalue weighted by atomic mass is 32.2. The van der Waals surface area contributed by atoms with Gasteiger partial charge in [-0.1, -0.05) is 0 Å². The van der Waals surface area contributed by atoms with Crippen LogP contribution in [0.4, 0.5) is 4.39 Å². The van der Waals surface area contributed by atoms with Crippen molar-refractivity contribution in [2.75, 3.05) is 18.1 Å². The number of halogens is 1. The molecule has 1 saturated heterocycles. The molecule has 84 valence electrons. The van der Waals surface area contributed by atoms with Crippen molar-refractivity contribution in [3.8, 4) is 0 Å². The van der Waals surface area contributed by atoms with E-state index in [1.165, 1.54) is 6.92 Å². The molecular formula is C9H18FNO2S. The summed E-state index contributed by atoms with van der Waals surface area (Å²) in [5.74, 6) is 0.428. The van der Waals surface area contributed by atoms with Crippen molar-refractivity contribution in [2.45, 2.75) is 25.9 Å². The van der Waals surface area contributed by atoms with Crippen LogP contribution in [0.1, 0.15) is 19.8 Å². The molecular weight excluding hydrogens is 205 g/mol. The molecule has 1 fully saturated rings. The predicted octanol–water partition coefficient (Wildman–Crippen LogP) is 0.744. The molecule has 3 unspecified atom stereocenters. The quantitative estimate of drug-likeness (QED) is 0.768. The Hall–Kier alpha value is -0.160. The van der Waals surface area contributed by atoms with Gasteiger partial charge in [-0.2, -0.15) is 0 Å². The van der Waals surface area contributed by atoms with Gasteiger partial charge in [0, 0.05) is 0 Å². The second-order valence-corrected chi connectivity index (χ2v) is 6.40. The maximum absolute atomic E-state index is 12.8. The summed E-state index contributed by atoms with van der Waals surface area (Å²) in [5, 5.41) is 0. The first-order chi connectivity index (χ1) is 6.44. The minimum atomic E-state index is -2.92. The van der Waals surface area contributed by atoms with Crippen molar-refractivity contribution >= 4 is 9.84 Å². The SMILES string of the molecule is CC(F)CC1CCS(=O)(=O)CC1CN. The highest BCUT2D eigenvalue weighted by Crippen LogP contribution is 2.28. The summed E-state index contributed by atoms with van der Waals surface area (Å²) in [6, 6.07) is 0. The van der Waals surface area contributed by atoms with Crippen molar-refractivity contribution in [2.24, 2.45) is 17.6 Å². The molecule has 0 aromatic heterocycles. The van der Waals surface area contributed by atoms with Crippen LogP contribution in [-0.4, -0.2) is 32.6 Å². The molecule has 1 aliphatic rings. The summed E-state index contributed by atoms with van der Waals surface area (Å²) in [4.78, 5) is 0. The van der Waals surface area contributed by atoms with Crippen LogP contribution in [0.3, 0.4) is 0 Å². The molecule has 3 nitrogen and oxygen atoms in total. The fourth-order valence-corrected chi connectivity index (χ4v) is 3.99. The van der Waals surface area contributed by atoms with Gasteiger partial charge in [-0.25, -0.2) is 12.8 Å². The van der Waals surface area contributed by atoms with Crippen molar-refractivity contribution in [1.29, 1.82) is 0 Å². The van der Waals surface area contributed by atoms with Crippen molar-refractivity contribution in [3.63, 3.8) is 0 Å². The molecule has 0 amide bonds. The normalized spacial score (nSPS) is 33.9. The maximum Gasteiger partial charge on any atom is 0.150 e. The Balaban J connectivity index is 2.61. The van der Waals surface area contributed by atoms with E-state index >= 15 is 0 Å². The van der Waals surface area contributed by atoms with E-state index in [2.05, 4.69) is 0 Å². The van der Waals surface area contributed by atoms with Crippen LogP contribution in [0, 0.1) is 11.8 Å². The van der Waals surface area contributed by atoms with Gasteiger partial charge in [0.05, 0.1) is 17.7 Å². The van der Waals surface area contributed by atoms with Gasteiger partial charge in [0.2, 0.25) is 0 Å². The zero-order valence-corrected chi connectivity index (χ0v) is 9.26. The topological polar surface area (TPSA) is 60.2 Å². The Morgan fingerprint density at radius 3 is 2.64 bits per heavy atom. The van der Waals surface area contributed by atoms with Gasteiger partial charge in [0.1, 0.15) is 0 Å². The fourth-order valence-electron chi connectivity index (χ4n) is 2.10. The van der Waals surface area contributed by atoms with E-state index in [1.54, 1.807) is 0 Å². The Bertz CT molecular complexity index is 277. The molecule has 5 heteroatoms. The lowest BCUT2D eigenvalue weighted by atomic mass is 9.87. The van der Waals surface area contributed by atoms with Gasteiger partial charge in [0.25, 0.3) is 0 Å². The molecule has 1 heterocycles. The first-order valence-corrected chi connectivity index (χ1v) is 6.81. The van der Waals surface area contributed by atoms with Crippen LogP contribution < -0.4 is 5.73 Å².